The molecule has 1 fully saturated rings. The van der Waals surface area contributed by atoms with Crippen molar-refractivity contribution >= 4 is 53.9 Å². The van der Waals surface area contributed by atoms with Crippen LogP contribution in [0.2, 0.25) is 0 Å². The molecule has 7 aromatic carbocycles. The fourth-order valence-electron chi connectivity index (χ4n) is 5.50. The van der Waals surface area contributed by atoms with Gasteiger partial charge in [-0.15, -0.1) is 0 Å². The van der Waals surface area contributed by atoms with Gasteiger partial charge in [-0.3, -0.25) is 0 Å². The Labute approximate surface area is 332 Å². The molecule has 259 valence electrons. The zero-order valence-electron chi connectivity index (χ0n) is 29.4. The molecule has 0 bridgehead atoms. The van der Waals surface area contributed by atoms with Gasteiger partial charge in [0.2, 0.25) is 0 Å². The maximum absolute atomic E-state index is 3.92. The normalized spacial score (nSPS) is 13.6. The van der Waals surface area contributed by atoms with E-state index in [0.717, 1.165) is 0 Å². The van der Waals surface area contributed by atoms with Crippen molar-refractivity contribution in [1.82, 2.24) is 0 Å². The molecule has 0 N–H and O–H groups in total. The van der Waals surface area contributed by atoms with Crippen LogP contribution in [-0.2, 0) is 19.5 Å². The molecule has 0 amide bonds. The van der Waals surface area contributed by atoms with E-state index in [1.165, 1.54) is 37.4 Å². The molecule has 1 saturated carbocycles. The molecule has 0 spiro atoms. The second kappa shape index (κ2) is 22.7. The van der Waals surface area contributed by atoms with Gasteiger partial charge >= 0.3 is 19.5 Å². The van der Waals surface area contributed by atoms with Crippen molar-refractivity contribution in [2.75, 3.05) is 0 Å². The summed E-state index contributed by atoms with van der Waals surface area (Å²) in [6.07, 6.45) is 12.9. The van der Waals surface area contributed by atoms with Gasteiger partial charge in [0.1, 0.15) is 0 Å². The van der Waals surface area contributed by atoms with Crippen molar-refractivity contribution in [3.63, 3.8) is 0 Å². The van der Waals surface area contributed by atoms with Crippen LogP contribution in [0.25, 0.3) is 0 Å². The summed E-state index contributed by atoms with van der Waals surface area (Å²) in [5.74, 6) is 0. The third-order valence-electron chi connectivity index (χ3n) is 8.02. The first-order chi connectivity index (χ1) is 25.9. The van der Waals surface area contributed by atoms with Crippen LogP contribution < -0.4 is 31.8 Å². The van der Waals surface area contributed by atoms with E-state index >= 15 is 0 Å². The third kappa shape index (κ3) is 12.9. The summed E-state index contributed by atoms with van der Waals surface area (Å²) in [6, 6.07) is 75.1. The number of aliphatic imine (C=N–C) groups is 1. The van der Waals surface area contributed by atoms with Crippen LogP contribution in [0.15, 0.2) is 217 Å². The summed E-state index contributed by atoms with van der Waals surface area (Å²) >= 11 is 0. The standard InChI is InChI=1S/2C18H15P.C8H6N.C5H5.Ru/c2*1-4-10-16(11-5-1)19(17-12-6-2-7-13-17)18-14-8-3-9-15-18;1-2-4-7(5-3-1)8-6-9-8;1-2-4-5-3-1;/h2*1-15H;1-5,8H;1-5H;/q;;-1;;+2. The van der Waals surface area contributed by atoms with Gasteiger partial charge in [0.05, 0.1) is 0 Å². The molecule has 0 saturated heterocycles. The fourth-order valence-corrected chi connectivity index (χ4v) is 10.1. The number of hydrogen-bond acceptors (Lipinski definition) is 1. The van der Waals surface area contributed by atoms with E-state index in [4.69, 9.17) is 0 Å². The molecule has 7 aromatic rings. The first kappa shape index (κ1) is 39.9. The van der Waals surface area contributed by atoms with Gasteiger partial charge in [-0.2, -0.15) is 0 Å². The first-order valence-electron chi connectivity index (χ1n) is 17.4. The smallest absolute Gasteiger partial charge is 0.521 e. The van der Waals surface area contributed by atoms with Gasteiger partial charge in [-0.25, -0.2) is 0 Å². The number of nitrogens with zero attached hydrogens (tertiary/aromatic N) is 1. The molecule has 2 aliphatic rings. The van der Waals surface area contributed by atoms with Crippen LogP contribution in [0, 0.1) is 32.1 Å². The van der Waals surface area contributed by atoms with Crippen molar-refractivity contribution in [3.05, 3.63) is 250 Å². The molecule has 0 aromatic heterocycles. The van der Waals surface area contributed by atoms with E-state index in [1.807, 2.05) is 50.3 Å². The van der Waals surface area contributed by atoms with Gasteiger partial charge in [0, 0.05) is 0 Å². The summed E-state index contributed by atoms with van der Waals surface area (Å²) in [5.41, 5.74) is 1.25. The molecule has 5 radical (unpaired) electrons. The second-order valence-electron chi connectivity index (χ2n) is 11.7. The Hall–Kier alpha value is -4.31. The minimum Gasteiger partial charge on any atom is -0.521 e. The summed E-state index contributed by atoms with van der Waals surface area (Å²) < 4.78 is 0. The van der Waals surface area contributed by atoms with Crippen molar-refractivity contribution in [2.24, 2.45) is 4.99 Å². The van der Waals surface area contributed by atoms with Crippen LogP contribution in [-0.4, -0.2) is 6.21 Å². The van der Waals surface area contributed by atoms with Crippen molar-refractivity contribution in [2.45, 2.75) is 6.04 Å². The molecular weight excluding hydrogens is 766 g/mol. The number of hydrogen-bond donors (Lipinski definition) is 0. The average Bonchev–Trinajstić information content (AvgIpc) is 3.91. The van der Waals surface area contributed by atoms with Crippen LogP contribution in [0.3, 0.4) is 0 Å². The predicted molar refractivity (Wildman–Crippen MR) is 228 cm³/mol. The Morgan fingerprint density at radius 2 is 0.491 bits per heavy atom. The van der Waals surface area contributed by atoms with E-state index in [-0.39, 0.29) is 25.5 Å². The van der Waals surface area contributed by atoms with E-state index in [1.54, 1.807) is 0 Å². The Balaban J connectivity index is 0.000000149. The van der Waals surface area contributed by atoms with E-state index in [0.29, 0.717) is 0 Å². The summed E-state index contributed by atoms with van der Waals surface area (Å²) in [6.45, 7) is 0. The molecule has 4 heteroatoms. The Morgan fingerprint density at radius 3 is 0.679 bits per heavy atom. The molecule has 1 atom stereocenters. The third-order valence-corrected chi connectivity index (χ3v) is 12.9. The van der Waals surface area contributed by atoms with E-state index in [9.17, 15) is 0 Å². The topological polar surface area (TPSA) is 12.4 Å². The van der Waals surface area contributed by atoms with E-state index < -0.39 is 15.8 Å². The largest absolute Gasteiger partial charge is 2.00 e. The van der Waals surface area contributed by atoms with Crippen LogP contribution in [0.1, 0.15) is 11.6 Å². The Kier molecular flexibility index (Phi) is 17.1. The summed E-state index contributed by atoms with van der Waals surface area (Å²) in [5, 5.41) is 8.39. The predicted octanol–water partition coefficient (Wildman–Crippen LogP) is 9.60. The molecule has 53 heavy (non-hydrogen) atoms. The van der Waals surface area contributed by atoms with Crippen molar-refractivity contribution in [1.29, 1.82) is 0 Å². The van der Waals surface area contributed by atoms with Crippen molar-refractivity contribution in [3.8, 4) is 0 Å². The summed E-state index contributed by atoms with van der Waals surface area (Å²) in [4.78, 5) is 3.92. The van der Waals surface area contributed by atoms with Crippen LogP contribution in [0.5, 0.6) is 0 Å². The van der Waals surface area contributed by atoms with Crippen LogP contribution in [0.4, 0.5) is 0 Å². The van der Waals surface area contributed by atoms with Gasteiger partial charge in [0.25, 0.3) is 0 Å². The minimum absolute atomic E-state index is 0. The second-order valence-corrected chi connectivity index (χ2v) is 16.2. The number of benzene rings is 7. The first-order valence-corrected chi connectivity index (χ1v) is 20.1. The monoisotopic (exact) mass is 807 g/mol. The Bertz CT molecular complexity index is 1670. The molecule has 1 unspecified atom stereocenters. The van der Waals surface area contributed by atoms with Crippen LogP contribution >= 0.6 is 15.8 Å². The fraction of sp³-hybridized carbons (Fsp3) is 0.0204. The molecule has 1 nitrogen and oxygen atoms in total. The molecule has 1 aliphatic heterocycles. The zero-order valence-corrected chi connectivity index (χ0v) is 32.9. The van der Waals surface area contributed by atoms with Gasteiger partial charge < -0.3 is 11.2 Å². The molecule has 1 heterocycles. The average molecular weight is 807 g/mol. The number of rotatable bonds is 7. The Morgan fingerprint density at radius 1 is 0.302 bits per heavy atom. The van der Waals surface area contributed by atoms with Gasteiger partial charge in [0.15, 0.2) is 0 Å². The van der Waals surface area contributed by atoms with E-state index in [2.05, 4.69) is 205 Å². The quantitative estimate of drug-likeness (QED) is 0.0865. The maximum atomic E-state index is 3.92. The van der Waals surface area contributed by atoms with Gasteiger partial charge in [-0.1, -0.05) is 224 Å². The SMILES string of the molecule is [C-]1=NC1c1ccccc1.[CH]1[CH][CH][CH][CH]1.[Ru+2].c1ccc(P(c2ccccc2)c2ccccc2)cc1.c1ccc(P(c2ccccc2)c2ccccc2)cc1. The minimum atomic E-state index is -0.446. The molecular formula is C49H41NP2Ru+. The zero-order chi connectivity index (χ0) is 35.5. The van der Waals surface area contributed by atoms with Crippen molar-refractivity contribution < 1.29 is 19.5 Å². The molecule has 9 rings (SSSR count). The molecule has 1 aliphatic carbocycles. The maximum Gasteiger partial charge on any atom is 2.00 e. The van der Waals surface area contributed by atoms with Gasteiger partial charge in [-0.05, 0) is 79.8 Å². The summed E-state index contributed by atoms with van der Waals surface area (Å²) in [7, 11) is -0.892.